The summed E-state index contributed by atoms with van der Waals surface area (Å²) in [6.07, 6.45) is 8.16. The summed E-state index contributed by atoms with van der Waals surface area (Å²) in [5.74, 6) is 2.98. The molecule has 5 unspecified atom stereocenters. The first-order chi connectivity index (χ1) is 8.20. The largest absolute Gasteiger partial charge is 0.383 e. The van der Waals surface area contributed by atoms with Gasteiger partial charge in [-0.25, -0.2) is 0 Å². The van der Waals surface area contributed by atoms with E-state index in [9.17, 15) is 5.11 Å². The van der Waals surface area contributed by atoms with Gasteiger partial charge in [-0.2, -0.15) is 5.10 Å². The minimum atomic E-state index is -0.582. The highest BCUT2D eigenvalue weighted by molar-refractivity contribution is 5.21. The maximum Gasteiger partial charge on any atom is 0.109 e. The Bertz CT molecular complexity index is 455. The van der Waals surface area contributed by atoms with E-state index in [1.165, 1.54) is 25.7 Å². The van der Waals surface area contributed by atoms with Crippen LogP contribution in [0.5, 0.6) is 0 Å². The van der Waals surface area contributed by atoms with Crippen LogP contribution >= 0.6 is 0 Å². The molecule has 1 N–H and O–H groups in total. The van der Waals surface area contributed by atoms with Crippen LogP contribution in [0.1, 0.15) is 37.8 Å². The van der Waals surface area contributed by atoms with Gasteiger partial charge >= 0.3 is 0 Å². The number of hydrogen-bond acceptors (Lipinski definition) is 2. The van der Waals surface area contributed by atoms with Crippen LogP contribution in [0.25, 0.3) is 0 Å². The molecule has 0 amide bonds. The summed E-state index contributed by atoms with van der Waals surface area (Å²) in [5, 5.41) is 15.3. The van der Waals surface area contributed by atoms with Crippen LogP contribution in [0.2, 0.25) is 0 Å². The van der Waals surface area contributed by atoms with Gasteiger partial charge in [0, 0.05) is 13.2 Å². The molecule has 3 aliphatic carbocycles. The molecule has 3 fully saturated rings. The molecule has 1 heterocycles. The zero-order chi connectivity index (χ0) is 11.6. The van der Waals surface area contributed by atoms with Gasteiger partial charge in [-0.3, -0.25) is 4.68 Å². The lowest BCUT2D eigenvalue weighted by molar-refractivity contribution is -0.0572. The van der Waals surface area contributed by atoms with Gasteiger partial charge in [0.15, 0.2) is 0 Å². The van der Waals surface area contributed by atoms with E-state index < -0.39 is 5.60 Å². The average molecular weight is 232 g/mol. The molecule has 17 heavy (non-hydrogen) atoms. The van der Waals surface area contributed by atoms with Crippen LogP contribution in [-0.4, -0.2) is 14.9 Å². The lowest BCUT2D eigenvalue weighted by Gasteiger charge is -2.38. The molecule has 3 aliphatic rings. The topological polar surface area (TPSA) is 38.0 Å². The Kier molecular flexibility index (Phi) is 1.87. The molecule has 3 nitrogen and oxygen atoms in total. The van der Waals surface area contributed by atoms with E-state index in [0.29, 0.717) is 5.92 Å². The average Bonchev–Trinajstić information content (AvgIpc) is 2.95. The van der Waals surface area contributed by atoms with Crippen LogP contribution in [0, 0.1) is 23.7 Å². The minimum absolute atomic E-state index is 0.496. The molecule has 1 aromatic rings. The standard InChI is InChI=1S/C14H20N2O/c1-16-13(5-6-15-16)14(17)8-9-7-12(14)11-4-2-3-10(9)11/h5-6,9-12,17H,2-4,7-8H2,1H3. The second-order valence-corrected chi connectivity index (χ2v) is 6.33. The second kappa shape index (κ2) is 3.14. The summed E-state index contributed by atoms with van der Waals surface area (Å²) in [6, 6.07) is 2.00. The number of hydrogen-bond donors (Lipinski definition) is 1. The van der Waals surface area contributed by atoms with Gasteiger partial charge in [0.05, 0.1) is 5.69 Å². The monoisotopic (exact) mass is 232 g/mol. The molecular formula is C14H20N2O. The summed E-state index contributed by atoms with van der Waals surface area (Å²) >= 11 is 0. The van der Waals surface area contributed by atoms with Crippen molar-refractivity contribution < 1.29 is 5.11 Å². The summed E-state index contributed by atoms with van der Waals surface area (Å²) in [5.41, 5.74) is 0.455. The van der Waals surface area contributed by atoms with Gasteiger partial charge in [-0.05, 0) is 55.4 Å². The molecule has 92 valence electrons. The SMILES string of the molecule is Cn1nccc1C1(O)CC2CC1C1CCCC21. The number of rotatable bonds is 1. The number of aromatic nitrogens is 2. The first kappa shape index (κ1) is 10.1. The molecule has 0 radical (unpaired) electrons. The number of fused-ring (bicyclic) bond motifs is 5. The summed E-state index contributed by atoms with van der Waals surface area (Å²) in [7, 11) is 1.95. The van der Waals surface area contributed by atoms with Gasteiger partial charge in [0.25, 0.3) is 0 Å². The van der Waals surface area contributed by atoms with Crippen molar-refractivity contribution in [3.05, 3.63) is 18.0 Å². The highest BCUT2D eigenvalue weighted by Crippen LogP contribution is 2.65. The normalized spacial score (nSPS) is 47.6. The minimum Gasteiger partial charge on any atom is -0.383 e. The molecule has 0 spiro atoms. The third kappa shape index (κ3) is 1.13. The highest BCUT2D eigenvalue weighted by atomic mass is 16.3. The first-order valence-corrected chi connectivity index (χ1v) is 6.91. The summed E-state index contributed by atoms with van der Waals surface area (Å²) < 4.78 is 1.87. The molecule has 5 atom stereocenters. The van der Waals surface area contributed by atoms with Crippen molar-refractivity contribution in [3.8, 4) is 0 Å². The van der Waals surface area contributed by atoms with Gasteiger partial charge in [0.1, 0.15) is 5.60 Å². The molecular weight excluding hydrogens is 212 g/mol. The number of nitrogens with zero attached hydrogens (tertiary/aromatic N) is 2. The third-order valence-electron chi connectivity index (χ3n) is 5.76. The van der Waals surface area contributed by atoms with E-state index in [2.05, 4.69) is 5.10 Å². The molecule has 0 aromatic carbocycles. The molecule has 0 aliphatic heterocycles. The van der Waals surface area contributed by atoms with E-state index in [0.717, 1.165) is 29.9 Å². The van der Waals surface area contributed by atoms with Crippen molar-refractivity contribution in [2.24, 2.45) is 30.7 Å². The van der Waals surface area contributed by atoms with Crippen molar-refractivity contribution in [1.82, 2.24) is 9.78 Å². The van der Waals surface area contributed by atoms with E-state index in [1.807, 2.05) is 24.0 Å². The molecule has 0 saturated heterocycles. The van der Waals surface area contributed by atoms with Gasteiger partial charge in [-0.15, -0.1) is 0 Å². The van der Waals surface area contributed by atoms with Gasteiger partial charge < -0.3 is 5.11 Å². The summed E-state index contributed by atoms with van der Waals surface area (Å²) in [4.78, 5) is 0. The molecule has 2 bridgehead atoms. The van der Waals surface area contributed by atoms with Gasteiger partial charge in [0.2, 0.25) is 0 Å². The fourth-order valence-electron chi connectivity index (χ4n) is 5.21. The second-order valence-electron chi connectivity index (χ2n) is 6.33. The molecule has 1 aromatic heterocycles. The maximum atomic E-state index is 11.1. The Balaban J connectivity index is 1.75. The number of aliphatic hydroxyl groups is 1. The Labute approximate surface area is 102 Å². The van der Waals surface area contributed by atoms with E-state index >= 15 is 0 Å². The van der Waals surface area contributed by atoms with Crippen LogP contribution in [-0.2, 0) is 12.6 Å². The Hall–Kier alpha value is -0.830. The van der Waals surface area contributed by atoms with Crippen LogP contribution in [0.3, 0.4) is 0 Å². The zero-order valence-corrected chi connectivity index (χ0v) is 10.3. The van der Waals surface area contributed by atoms with Crippen molar-refractivity contribution in [2.75, 3.05) is 0 Å². The fourth-order valence-corrected chi connectivity index (χ4v) is 5.21. The lowest BCUT2D eigenvalue weighted by atomic mass is 9.71. The zero-order valence-electron chi connectivity index (χ0n) is 10.3. The fraction of sp³-hybridized carbons (Fsp3) is 0.786. The molecule has 4 rings (SSSR count). The van der Waals surface area contributed by atoms with E-state index in [4.69, 9.17) is 0 Å². The van der Waals surface area contributed by atoms with Crippen molar-refractivity contribution in [2.45, 2.75) is 37.7 Å². The van der Waals surface area contributed by atoms with Crippen molar-refractivity contribution in [1.29, 1.82) is 0 Å². The van der Waals surface area contributed by atoms with Crippen LogP contribution in [0.15, 0.2) is 12.3 Å². The lowest BCUT2D eigenvalue weighted by Crippen LogP contribution is -2.40. The predicted octanol–water partition coefficient (Wildman–Crippen LogP) is 2.06. The van der Waals surface area contributed by atoms with Gasteiger partial charge in [-0.1, -0.05) is 6.42 Å². The smallest absolute Gasteiger partial charge is 0.109 e. The molecule has 3 saturated carbocycles. The Morgan fingerprint density at radius 1 is 1.41 bits per heavy atom. The quantitative estimate of drug-likeness (QED) is 0.805. The molecule has 3 heteroatoms. The van der Waals surface area contributed by atoms with Crippen LogP contribution in [0.4, 0.5) is 0 Å². The van der Waals surface area contributed by atoms with E-state index in [-0.39, 0.29) is 0 Å². The summed E-state index contributed by atoms with van der Waals surface area (Å²) in [6.45, 7) is 0. The van der Waals surface area contributed by atoms with Crippen LogP contribution < -0.4 is 0 Å². The van der Waals surface area contributed by atoms with E-state index in [1.54, 1.807) is 0 Å². The first-order valence-electron chi connectivity index (χ1n) is 6.91. The Morgan fingerprint density at radius 2 is 2.24 bits per heavy atom. The maximum absolute atomic E-state index is 11.1. The van der Waals surface area contributed by atoms with Crippen molar-refractivity contribution >= 4 is 0 Å². The predicted molar refractivity (Wildman–Crippen MR) is 64.1 cm³/mol. The number of aryl methyl sites for hydroxylation is 1. The van der Waals surface area contributed by atoms with Crippen molar-refractivity contribution in [3.63, 3.8) is 0 Å². The third-order valence-corrected chi connectivity index (χ3v) is 5.76. The Morgan fingerprint density at radius 3 is 3.00 bits per heavy atom. The highest BCUT2D eigenvalue weighted by Gasteiger charge is 2.61.